The highest BCUT2D eigenvalue weighted by molar-refractivity contribution is 7.99. The molecule has 0 spiro atoms. The van der Waals surface area contributed by atoms with Gasteiger partial charge in [-0.05, 0) is 68.5 Å². The van der Waals surface area contributed by atoms with Gasteiger partial charge in [-0.25, -0.2) is 0 Å². The van der Waals surface area contributed by atoms with E-state index in [4.69, 9.17) is 11.6 Å². The summed E-state index contributed by atoms with van der Waals surface area (Å²) in [6.45, 7) is 10.8. The molecule has 2 amide bonds. The van der Waals surface area contributed by atoms with Gasteiger partial charge in [0.05, 0.1) is 22.4 Å². The lowest BCUT2D eigenvalue weighted by molar-refractivity contribution is -0.113. The molecule has 0 aliphatic heterocycles. The fourth-order valence-corrected chi connectivity index (χ4v) is 4.95. The molecular formula is C26H32ClN5O2S. The molecule has 2 N–H and O–H groups in total. The zero-order chi connectivity index (χ0) is 25.5. The molecule has 0 bridgehead atoms. The first-order valence-corrected chi connectivity index (χ1v) is 13.0. The van der Waals surface area contributed by atoms with Crippen molar-refractivity contribution in [1.29, 1.82) is 0 Å². The van der Waals surface area contributed by atoms with Gasteiger partial charge in [-0.3, -0.25) is 9.59 Å². The van der Waals surface area contributed by atoms with Crippen LogP contribution < -0.4 is 10.6 Å². The first-order valence-electron chi connectivity index (χ1n) is 11.7. The lowest BCUT2D eigenvalue weighted by Crippen LogP contribution is -2.31. The van der Waals surface area contributed by atoms with E-state index < -0.39 is 0 Å². The molecule has 0 saturated carbocycles. The van der Waals surface area contributed by atoms with Crippen molar-refractivity contribution in [1.82, 2.24) is 20.1 Å². The molecule has 0 saturated heterocycles. The molecule has 1 atom stereocenters. The Kier molecular flexibility index (Phi) is 9.34. The maximum Gasteiger partial charge on any atom is 0.253 e. The quantitative estimate of drug-likeness (QED) is 0.333. The normalized spacial score (nSPS) is 12.0. The number of hydrogen-bond donors (Lipinski definition) is 2. The van der Waals surface area contributed by atoms with Crippen LogP contribution in [0, 0.1) is 19.8 Å². The summed E-state index contributed by atoms with van der Waals surface area (Å²) in [7, 11) is 0. The van der Waals surface area contributed by atoms with Crippen molar-refractivity contribution in [2.24, 2.45) is 5.92 Å². The van der Waals surface area contributed by atoms with Gasteiger partial charge in [0.2, 0.25) is 5.91 Å². The average molecular weight is 514 g/mol. The number of carbonyl (C=O) groups excluding carboxylic acids is 2. The van der Waals surface area contributed by atoms with Gasteiger partial charge in [0, 0.05) is 12.2 Å². The fraction of sp³-hybridized carbons (Fsp3) is 0.385. The molecule has 186 valence electrons. The van der Waals surface area contributed by atoms with Crippen LogP contribution >= 0.6 is 23.4 Å². The van der Waals surface area contributed by atoms with Crippen LogP contribution in [0.5, 0.6) is 0 Å². The van der Waals surface area contributed by atoms with Crippen molar-refractivity contribution in [3.05, 3.63) is 70.0 Å². The highest BCUT2D eigenvalue weighted by atomic mass is 35.5. The molecule has 9 heteroatoms. The average Bonchev–Trinajstić information content (AvgIpc) is 3.19. The van der Waals surface area contributed by atoms with Crippen molar-refractivity contribution >= 4 is 40.9 Å². The number of aromatic nitrogens is 3. The van der Waals surface area contributed by atoms with Crippen LogP contribution in [0.1, 0.15) is 60.5 Å². The minimum absolute atomic E-state index is 0.113. The highest BCUT2D eigenvalue weighted by Gasteiger charge is 2.25. The number of thioether (sulfide) groups is 1. The van der Waals surface area contributed by atoms with Gasteiger partial charge in [0.15, 0.2) is 11.0 Å². The lowest BCUT2D eigenvalue weighted by atomic mass is 10.0. The first kappa shape index (κ1) is 26.8. The second-order valence-corrected chi connectivity index (χ2v) is 10.3. The van der Waals surface area contributed by atoms with Crippen LogP contribution in [0.4, 0.5) is 5.69 Å². The van der Waals surface area contributed by atoms with Gasteiger partial charge in [-0.2, -0.15) is 0 Å². The van der Waals surface area contributed by atoms with E-state index >= 15 is 0 Å². The standard InChI is InChI=1S/C26H32ClN5O2S/c1-6-32-24(22(11-16(2)3)29-25(34)20-9-7-8-10-21(20)27)30-31-26(32)35-15-23(33)28-19-13-17(4)12-18(5)14-19/h7-10,12-14,16,22H,6,11,15H2,1-5H3,(H,28,33)(H,29,34)/t22-/m0/s1. The predicted molar refractivity (Wildman–Crippen MR) is 142 cm³/mol. The Morgan fingerprint density at radius 2 is 1.77 bits per heavy atom. The minimum atomic E-state index is -0.343. The van der Waals surface area contributed by atoms with E-state index in [1.165, 1.54) is 11.8 Å². The molecule has 35 heavy (non-hydrogen) atoms. The highest BCUT2D eigenvalue weighted by Crippen LogP contribution is 2.26. The summed E-state index contributed by atoms with van der Waals surface area (Å²) >= 11 is 7.55. The van der Waals surface area contributed by atoms with Gasteiger partial charge in [0.1, 0.15) is 0 Å². The summed E-state index contributed by atoms with van der Waals surface area (Å²) in [5.41, 5.74) is 3.39. The number of halogens is 1. The zero-order valence-corrected chi connectivity index (χ0v) is 22.3. The second kappa shape index (κ2) is 12.2. The number of amides is 2. The SMILES string of the molecule is CCn1c(SCC(=O)Nc2cc(C)cc(C)c2)nnc1[C@H](CC(C)C)NC(=O)c1ccccc1Cl. The van der Waals surface area contributed by atoms with E-state index in [0.29, 0.717) is 40.5 Å². The second-order valence-electron chi connectivity index (χ2n) is 8.93. The van der Waals surface area contributed by atoms with Crippen LogP contribution in [-0.2, 0) is 11.3 Å². The van der Waals surface area contributed by atoms with E-state index in [1.807, 2.05) is 37.5 Å². The van der Waals surface area contributed by atoms with E-state index in [-0.39, 0.29) is 23.6 Å². The van der Waals surface area contributed by atoms with Gasteiger partial charge >= 0.3 is 0 Å². The molecule has 0 aliphatic rings. The van der Waals surface area contributed by atoms with Crippen molar-refractivity contribution in [3.8, 4) is 0 Å². The van der Waals surface area contributed by atoms with Crippen LogP contribution in [0.2, 0.25) is 5.02 Å². The fourth-order valence-electron chi connectivity index (χ4n) is 3.92. The summed E-state index contributed by atoms with van der Waals surface area (Å²) < 4.78 is 1.95. The number of hydrogen-bond acceptors (Lipinski definition) is 5. The summed E-state index contributed by atoms with van der Waals surface area (Å²) in [4.78, 5) is 25.5. The Balaban J connectivity index is 1.74. The number of aryl methyl sites for hydroxylation is 2. The van der Waals surface area contributed by atoms with Gasteiger partial charge in [-0.15, -0.1) is 10.2 Å². The minimum Gasteiger partial charge on any atom is -0.342 e. The number of carbonyl (C=O) groups is 2. The molecule has 0 fully saturated rings. The van der Waals surface area contributed by atoms with Gasteiger partial charge in [-0.1, -0.05) is 55.4 Å². The van der Waals surface area contributed by atoms with E-state index in [0.717, 1.165) is 16.8 Å². The number of nitrogens with one attached hydrogen (secondary N) is 2. The Hall–Kier alpha value is -2.84. The van der Waals surface area contributed by atoms with E-state index in [1.54, 1.807) is 24.3 Å². The number of rotatable bonds is 10. The predicted octanol–water partition coefficient (Wildman–Crippen LogP) is 5.82. The monoisotopic (exact) mass is 513 g/mol. The molecule has 3 rings (SSSR count). The molecule has 3 aromatic rings. The van der Waals surface area contributed by atoms with Gasteiger partial charge < -0.3 is 15.2 Å². The molecule has 2 aromatic carbocycles. The molecule has 0 aliphatic carbocycles. The maximum absolute atomic E-state index is 13.0. The van der Waals surface area contributed by atoms with Crippen LogP contribution in [0.25, 0.3) is 0 Å². The van der Waals surface area contributed by atoms with Crippen molar-refractivity contribution in [2.45, 2.75) is 58.8 Å². The van der Waals surface area contributed by atoms with Crippen LogP contribution in [-0.4, -0.2) is 32.3 Å². The third-order valence-electron chi connectivity index (χ3n) is 5.34. The van der Waals surface area contributed by atoms with Crippen molar-refractivity contribution < 1.29 is 9.59 Å². The largest absolute Gasteiger partial charge is 0.342 e. The Morgan fingerprint density at radius 3 is 2.40 bits per heavy atom. The number of nitrogens with zero attached hydrogens (tertiary/aromatic N) is 3. The van der Waals surface area contributed by atoms with Gasteiger partial charge in [0.25, 0.3) is 5.91 Å². The number of benzene rings is 2. The van der Waals surface area contributed by atoms with Crippen LogP contribution in [0.15, 0.2) is 47.6 Å². The molecule has 0 unspecified atom stereocenters. The lowest BCUT2D eigenvalue weighted by Gasteiger charge is -2.21. The van der Waals surface area contributed by atoms with E-state index in [2.05, 4.69) is 40.7 Å². The molecule has 1 heterocycles. The summed E-state index contributed by atoms with van der Waals surface area (Å²) in [5.74, 6) is 0.810. The molecule has 7 nitrogen and oxygen atoms in total. The Labute approximate surface area is 216 Å². The summed E-state index contributed by atoms with van der Waals surface area (Å²) in [6, 6.07) is 12.6. The Bertz CT molecular complexity index is 1170. The van der Waals surface area contributed by atoms with Crippen molar-refractivity contribution in [2.75, 3.05) is 11.1 Å². The molecule has 0 radical (unpaired) electrons. The smallest absolute Gasteiger partial charge is 0.253 e. The first-order chi connectivity index (χ1) is 16.7. The third kappa shape index (κ3) is 7.32. The van der Waals surface area contributed by atoms with Crippen molar-refractivity contribution in [3.63, 3.8) is 0 Å². The maximum atomic E-state index is 13.0. The third-order valence-corrected chi connectivity index (χ3v) is 6.64. The Morgan fingerprint density at radius 1 is 1.09 bits per heavy atom. The molecular weight excluding hydrogens is 482 g/mol. The number of anilines is 1. The van der Waals surface area contributed by atoms with Crippen LogP contribution in [0.3, 0.4) is 0 Å². The topological polar surface area (TPSA) is 88.9 Å². The van der Waals surface area contributed by atoms with E-state index in [9.17, 15) is 9.59 Å². The summed E-state index contributed by atoms with van der Waals surface area (Å²) in [6.07, 6.45) is 0.687. The molecule has 1 aromatic heterocycles. The zero-order valence-electron chi connectivity index (χ0n) is 20.8. The summed E-state index contributed by atoms with van der Waals surface area (Å²) in [5, 5.41) is 15.8.